The van der Waals surface area contributed by atoms with Gasteiger partial charge in [-0.3, -0.25) is 19.9 Å². The van der Waals surface area contributed by atoms with Crippen LogP contribution in [-0.4, -0.2) is 22.0 Å². The van der Waals surface area contributed by atoms with Gasteiger partial charge in [-0.05, 0) is 24.6 Å². The Bertz CT molecular complexity index is 744. The van der Waals surface area contributed by atoms with Crippen molar-refractivity contribution in [1.29, 1.82) is 0 Å². The molecular weight excluding hydrogens is 288 g/mol. The summed E-state index contributed by atoms with van der Waals surface area (Å²) in [7, 11) is 0. The first kappa shape index (κ1) is 15.1. The standard InChI is InChI=1S/C14H12N4O4/c1-9-6-11(18(21)22)7-10(13(9)19)8-16-17-14(20)12-4-2-3-5-15-12/h2-8,19H,1H3,(H,17,20)/p-1/b16-8-. The fourth-order valence-corrected chi connectivity index (χ4v) is 1.70. The van der Waals surface area contributed by atoms with Crippen LogP contribution in [0.3, 0.4) is 0 Å². The lowest BCUT2D eigenvalue weighted by Gasteiger charge is -2.13. The molecule has 2 rings (SSSR count). The van der Waals surface area contributed by atoms with E-state index in [0.717, 1.165) is 12.3 Å². The van der Waals surface area contributed by atoms with E-state index in [-0.39, 0.29) is 28.3 Å². The molecule has 1 heterocycles. The van der Waals surface area contributed by atoms with Crippen molar-refractivity contribution in [2.45, 2.75) is 6.92 Å². The highest BCUT2D eigenvalue weighted by Crippen LogP contribution is 2.24. The van der Waals surface area contributed by atoms with Crippen molar-refractivity contribution in [3.05, 3.63) is 63.5 Å². The topological polar surface area (TPSA) is 121 Å². The second kappa shape index (κ2) is 6.44. The van der Waals surface area contributed by atoms with E-state index in [1.54, 1.807) is 12.1 Å². The summed E-state index contributed by atoms with van der Waals surface area (Å²) in [6.07, 6.45) is 2.53. The van der Waals surface area contributed by atoms with Crippen LogP contribution >= 0.6 is 0 Å². The zero-order chi connectivity index (χ0) is 16.1. The van der Waals surface area contributed by atoms with Crippen LogP contribution in [0.15, 0.2) is 41.6 Å². The van der Waals surface area contributed by atoms with E-state index >= 15 is 0 Å². The van der Waals surface area contributed by atoms with Gasteiger partial charge < -0.3 is 5.11 Å². The normalized spacial score (nSPS) is 10.6. The number of rotatable bonds is 4. The van der Waals surface area contributed by atoms with Gasteiger partial charge in [0.2, 0.25) is 0 Å². The van der Waals surface area contributed by atoms with E-state index in [9.17, 15) is 20.0 Å². The van der Waals surface area contributed by atoms with Gasteiger partial charge in [-0.2, -0.15) is 5.10 Å². The molecule has 1 aromatic carbocycles. The zero-order valence-corrected chi connectivity index (χ0v) is 11.5. The van der Waals surface area contributed by atoms with Crippen molar-refractivity contribution in [2.75, 3.05) is 0 Å². The van der Waals surface area contributed by atoms with E-state index in [0.29, 0.717) is 0 Å². The predicted molar refractivity (Wildman–Crippen MR) is 76.6 cm³/mol. The van der Waals surface area contributed by atoms with E-state index < -0.39 is 10.8 Å². The number of amides is 1. The van der Waals surface area contributed by atoms with Crippen LogP contribution in [0.2, 0.25) is 0 Å². The fraction of sp³-hybridized carbons (Fsp3) is 0.0714. The van der Waals surface area contributed by atoms with Gasteiger partial charge >= 0.3 is 0 Å². The third kappa shape index (κ3) is 3.42. The molecule has 0 aliphatic rings. The van der Waals surface area contributed by atoms with Crippen LogP contribution < -0.4 is 10.5 Å². The summed E-state index contributed by atoms with van der Waals surface area (Å²) in [5.41, 5.74) is 2.40. The molecule has 2 aromatic rings. The summed E-state index contributed by atoms with van der Waals surface area (Å²) < 4.78 is 0. The molecule has 8 heteroatoms. The molecule has 8 nitrogen and oxygen atoms in total. The number of hydrogen-bond donors (Lipinski definition) is 1. The van der Waals surface area contributed by atoms with Crippen molar-refractivity contribution in [2.24, 2.45) is 5.10 Å². The molecule has 112 valence electrons. The largest absolute Gasteiger partial charge is 0.872 e. The van der Waals surface area contributed by atoms with Gasteiger partial charge in [-0.15, -0.1) is 0 Å². The zero-order valence-electron chi connectivity index (χ0n) is 11.5. The summed E-state index contributed by atoms with van der Waals surface area (Å²) >= 11 is 0. The molecule has 0 bridgehead atoms. The highest BCUT2D eigenvalue weighted by molar-refractivity contribution is 5.93. The number of hydrogen-bond acceptors (Lipinski definition) is 6. The van der Waals surface area contributed by atoms with Crippen LogP contribution in [-0.2, 0) is 0 Å². The van der Waals surface area contributed by atoms with Gasteiger partial charge in [-0.1, -0.05) is 17.4 Å². The molecule has 1 aromatic heterocycles. The number of hydrazone groups is 1. The Morgan fingerprint density at radius 2 is 2.18 bits per heavy atom. The maximum absolute atomic E-state index is 11.9. The van der Waals surface area contributed by atoms with E-state index in [2.05, 4.69) is 15.5 Å². The summed E-state index contributed by atoms with van der Waals surface area (Å²) in [6, 6.07) is 7.10. The number of non-ortho nitro benzene ring substituents is 1. The van der Waals surface area contributed by atoms with Crippen molar-refractivity contribution >= 4 is 17.8 Å². The first-order chi connectivity index (χ1) is 10.5. The van der Waals surface area contributed by atoms with E-state index in [1.807, 2.05) is 0 Å². The van der Waals surface area contributed by atoms with Crippen molar-refractivity contribution in [3.63, 3.8) is 0 Å². The SMILES string of the molecule is Cc1cc([N+](=O)[O-])cc(/C=N\NC(=O)c2ccccn2)c1[O-]. The molecule has 1 amide bonds. The van der Waals surface area contributed by atoms with Crippen LogP contribution in [0.5, 0.6) is 5.75 Å². The third-order valence-corrected chi connectivity index (χ3v) is 2.77. The molecular formula is C14H11N4O4-. The van der Waals surface area contributed by atoms with Crippen LogP contribution in [0, 0.1) is 17.0 Å². The summed E-state index contributed by atoms with van der Waals surface area (Å²) in [5, 5.41) is 26.2. The molecule has 0 unspecified atom stereocenters. The number of nitrogens with zero attached hydrogens (tertiary/aromatic N) is 3. The van der Waals surface area contributed by atoms with Crippen molar-refractivity contribution in [1.82, 2.24) is 10.4 Å². The van der Waals surface area contributed by atoms with Gasteiger partial charge in [0.15, 0.2) is 0 Å². The highest BCUT2D eigenvalue weighted by atomic mass is 16.6. The number of nitrogens with one attached hydrogen (secondary N) is 1. The fourth-order valence-electron chi connectivity index (χ4n) is 1.70. The summed E-state index contributed by atoms with van der Waals surface area (Å²) in [5.74, 6) is -0.937. The lowest BCUT2D eigenvalue weighted by molar-refractivity contribution is -0.385. The Morgan fingerprint density at radius 3 is 2.82 bits per heavy atom. The maximum Gasteiger partial charge on any atom is 0.289 e. The lowest BCUT2D eigenvalue weighted by Crippen LogP contribution is -2.18. The summed E-state index contributed by atoms with van der Waals surface area (Å²) in [6.45, 7) is 1.47. The van der Waals surface area contributed by atoms with Gasteiger partial charge in [0, 0.05) is 18.3 Å². The number of aryl methyl sites for hydroxylation is 1. The number of carbonyl (C=O) groups excluding carboxylic acids is 1. The van der Waals surface area contributed by atoms with Gasteiger partial charge in [0.05, 0.1) is 11.1 Å². The monoisotopic (exact) mass is 299 g/mol. The minimum atomic E-state index is -0.601. The number of aromatic nitrogens is 1. The smallest absolute Gasteiger partial charge is 0.289 e. The second-order valence-corrected chi connectivity index (χ2v) is 4.35. The van der Waals surface area contributed by atoms with Crippen LogP contribution in [0.25, 0.3) is 0 Å². The second-order valence-electron chi connectivity index (χ2n) is 4.35. The average Bonchev–Trinajstić information content (AvgIpc) is 2.51. The van der Waals surface area contributed by atoms with Gasteiger partial charge in [-0.25, -0.2) is 5.43 Å². The van der Waals surface area contributed by atoms with Crippen molar-refractivity contribution < 1.29 is 14.8 Å². The molecule has 0 atom stereocenters. The first-order valence-electron chi connectivity index (χ1n) is 6.19. The summed E-state index contributed by atoms with van der Waals surface area (Å²) in [4.78, 5) is 25.7. The predicted octanol–water partition coefficient (Wildman–Crippen LogP) is 1.14. The number of carbonyl (C=O) groups is 1. The van der Waals surface area contributed by atoms with E-state index in [1.165, 1.54) is 25.3 Å². The van der Waals surface area contributed by atoms with Gasteiger partial charge in [0.25, 0.3) is 11.6 Å². The number of benzene rings is 1. The Kier molecular flexibility index (Phi) is 4.42. The number of nitro groups is 1. The Morgan fingerprint density at radius 1 is 1.41 bits per heavy atom. The molecule has 0 saturated heterocycles. The molecule has 0 saturated carbocycles. The molecule has 0 aliphatic heterocycles. The Balaban J connectivity index is 2.17. The van der Waals surface area contributed by atoms with Gasteiger partial charge in [0.1, 0.15) is 5.69 Å². The third-order valence-electron chi connectivity index (χ3n) is 2.77. The van der Waals surface area contributed by atoms with Crippen LogP contribution in [0.1, 0.15) is 21.6 Å². The number of pyridine rings is 1. The molecule has 22 heavy (non-hydrogen) atoms. The molecule has 0 radical (unpaired) electrons. The minimum Gasteiger partial charge on any atom is -0.872 e. The van der Waals surface area contributed by atoms with E-state index in [4.69, 9.17) is 0 Å². The molecule has 1 N–H and O–H groups in total. The lowest BCUT2D eigenvalue weighted by atomic mass is 10.1. The molecule has 0 spiro atoms. The average molecular weight is 299 g/mol. The highest BCUT2D eigenvalue weighted by Gasteiger charge is 2.09. The maximum atomic E-state index is 11.9. The first-order valence-corrected chi connectivity index (χ1v) is 6.19. The Hall–Kier alpha value is -3.29. The minimum absolute atomic E-state index is 0.0213. The molecule has 0 fully saturated rings. The quantitative estimate of drug-likeness (QED) is 0.515. The molecule has 0 aliphatic carbocycles. The number of nitro benzene ring substituents is 1. The van der Waals surface area contributed by atoms with Crippen molar-refractivity contribution in [3.8, 4) is 5.75 Å². The Labute approximate surface area is 125 Å². The van der Waals surface area contributed by atoms with Crippen LogP contribution in [0.4, 0.5) is 5.69 Å².